The minimum Gasteiger partial charge on any atom is -0.493 e. The number of ketones is 1. The molecule has 8 heteroatoms. The highest BCUT2D eigenvalue weighted by Crippen LogP contribution is 2.27. The van der Waals surface area contributed by atoms with E-state index in [1.54, 1.807) is 24.3 Å². The molecule has 0 fully saturated rings. The minimum absolute atomic E-state index is 0.198. The van der Waals surface area contributed by atoms with Crippen molar-refractivity contribution in [2.45, 2.75) is 6.92 Å². The molecule has 1 amide bonds. The number of hydrogen-bond acceptors (Lipinski definition) is 7. The maximum atomic E-state index is 11.9. The molecular weight excluding hydrogens is 366 g/mol. The van der Waals surface area contributed by atoms with E-state index in [0.29, 0.717) is 23.1 Å². The number of methoxy groups -OCH3 is 1. The van der Waals surface area contributed by atoms with Crippen LogP contribution in [0.5, 0.6) is 11.5 Å². The topological polar surface area (TPSA) is 108 Å². The number of carbonyl (C=O) groups excluding carboxylic acids is 4. The van der Waals surface area contributed by atoms with Crippen LogP contribution in [-0.4, -0.2) is 44.3 Å². The highest BCUT2D eigenvalue weighted by atomic mass is 16.6. The number of hydrogen-bond donors (Lipinski definition) is 1. The first-order chi connectivity index (χ1) is 13.4. The monoisotopic (exact) mass is 385 g/mol. The van der Waals surface area contributed by atoms with Crippen LogP contribution in [-0.2, 0) is 14.3 Å². The lowest BCUT2D eigenvalue weighted by molar-refractivity contribution is -0.149. The van der Waals surface area contributed by atoms with Crippen LogP contribution in [0.15, 0.2) is 42.5 Å². The van der Waals surface area contributed by atoms with Crippen LogP contribution in [0.2, 0.25) is 0 Å². The summed E-state index contributed by atoms with van der Waals surface area (Å²) in [6.45, 7) is 0.405. The summed E-state index contributed by atoms with van der Waals surface area (Å²) in [5.41, 5.74) is 1.10. The van der Waals surface area contributed by atoms with E-state index in [0.717, 1.165) is 0 Å². The summed E-state index contributed by atoms with van der Waals surface area (Å²) in [5, 5.41) is 2.52. The fourth-order valence-electron chi connectivity index (χ4n) is 2.29. The zero-order chi connectivity index (χ0) is 20.5. The molecule has 0 aromatic heterocycles. The molecular formula is C20H19NO7. The van der Waals surface area contributed by atoms with Crippen LogP contribution in [0.3, 0.4) is 0 Å². The van der Waals surface area contributed by atoms with Gasteiger partial charge in [0.15, 0.2) is 30.5 Å². The molecule has 0 radical (unpaired) electrons. The van der Waals surface area contributed by atoms with Gasteiger partial charge in [-0.2, -0.15) is 0 Å². The number of amides is 1. The number of anilines is 1. The Bertz CT molecular complexity index is 892. The second kappa shape index (κ2) is 9.86. The van der Waals surface area contributed by atoms with Gasteiger partial charge < -0.3 is 19.5 Å². The molecule has 2 aromatic carbocycles. The second-order valence-corrected chi connectivity index (χ2v) is 5.63. The molecule has 0 heterocycles. The van der Waals surface area contributed by atoms with Crippen LogP contribution in [0, 0.1) is 0 Å². The Labute approximate surface area is 161 Å². The third-order valence-corrected chi connectivity index (χ3v) is 3.61. The van der Waals surface area contributed by atoms with E-state index in [2.05, 4.69) is 5.32 Å². The van der Waals surface area contributed by atoms with Gasteiger partial charge in [-0.3, -0.25) is 14.4 Å². The van der Waals surface area contributed by atoms with Crippen molar-refractivity contribution < 1.29 is 33.4 Å². The number of carbonyl (C=O) groups is 4. The largest absolute Gasteiger partial charge is 0.493 e. The first kappa shape index (κ1) is 20.6. The van der Waals surface area contributed by atoms with Crippen molar-refractivity contribution in [1.29, 1.82) is 0 Å². The van der Waals surface area contributed by atoms with Gasteiger partial charge in [0.2, 0.25) is 0 Å². The maximum absolute atomic E-state index is 11.9. The highest BCUT2D eigenvalue weighted by Gasteiger charge is 2.13. The molecule has 0 atom stereocenters. The van der Waals surface area contributed by atoms with E-state index in [9.17, 15) is 19.2 Å². The number of ether oxygens (including phenoxy) is 3. The summed E-state index contributed by atoms with van der Waals surface area (Å²) in [4.78, 5) is 46.0. The predicted molar refractivity (Wildman–Crippen MR) is 99.9 cm³/mol. The number of esters is 1. The fourth-order valence-corrected chi connectivity index (χ4v) is 2.29. The van der Waals surface area contributed by atoms with E-state index in [1.807, 2.05) is 0 Å². The summed E-state index contributed by atoms with van der Waals surface area (Å²) in [5.74, 6) is -1.01. The fraction of sp³-hybridized carbons (Fsp3) is 0.200. The van der Waals surface area contributed by atoms with E-state index in [4.69, 9.17) is 14.2 Å². The Kier molecular flexibility index (Phi) is 7.27. The number of benzene rings is 2. The van der Waals surface area contributed by atoms with Gasteiger partial charge in [0.1, 0.15) is 6.29 Å². The van der Waals surface area contributed by atoms with Gasteiger partial charge in [0.25, 0.3) is 5.91 Å². The van der Waals surface area contributed by atoms with Gasteiger partial charge in [-0.15, -0.1) is 0 Å². The number of nitrogens with one attached hydrogen (secondary N) is 1. The van der Waals surface area contributed by atoms with Crippen LogP contribution in [0.1, 0.15) is 27.6 Å². The summed E-state index contributed by atoms with van der Waals surface area (Å²) >= 11 is 0. The smallest absolute Gasteiger partial charge is 0.344 e. The first-order valence-electron chi connectivity index (χ1n) is 8.26. The molecule has 146 valence electrons. The van der Waals surface area contributed by atoms with Crippen LogP contribution >= 0.6 is 0 Å². The van der Waals surface area contributed by atoms with Crippen molar-refractivity contribution >= 4 is 29.6 Å². The van der Waals surface area contributed by atoms with Crippen molar-refractivity contribution in [2.75, 3.05) is 25.6 Å². The standard InChI is InChI=1S/C20H19NO7/c1-13(23)15-5-3-4-6-16(15)21-19(24)11-28-20(25)12-27-17-8-7-14(10-22)9-18(17)26-2/h3-10H,11-12H2,1-2H3,(H,21,24). The number of Topliss-reactive ketones (excluding diaryl/α,β-unsaturated/α-hetero) is 1. The molecule has 0 spiro atoms. The Morgan fingerprint density at radius 1 is 1.04 bits per heavy atom. The lowest BCUT2D eigenvalue weighted by Crippen LogP contribution is -2.24. The molecule has 0 aliphatic rings. The van der Waals surface area contributed by atoms with Crippen LogP contribution in [0.25, 0.3) is 0 Å². The molecule has 1 N–H and O–H groups in total. The van der Waals surface area contributed by atoms with Crippen molar-refractivity contribution in [3.05, 3.63) is 53.6 Å². The molecule has 0 saturated carbocycles. The molecule has 2 aromatic rings. The Morgan fingerprint density at radius 2 is 1.79 bits per heavy atom. The molecule has 0 aliphatic carbocycles. The quantitative estimate of drug-likeness (QED) is 0.401. The average molecular weight is 385 g/mol. The first-order valence-corrected chi connectivity index (χ1v) is 8.26. The third kappa shape index (κ3) is 5.66. The van der Waals surface area contributed by atoms with E-state index >= 15 is 0 Å². The number of rotatable bonds is 9. The van der Waals surface area contributed by atoms with Crippen molar-refractivity contribution in [1.82, 2.24) is 0 Å². The SMILES string of the molecule is COc1cc(C=O)ccc1OCC(=O)OCC(=O)Nc1ccccc1C(C)=O. The maximum Gasteiger partial charge on any atom is 0.344 e. The van der Waals surface area contributed by atoms with Gasteiger partial charge in [-0.25, -0.2) is 4.79 Å². The highest BCUT2D eigenvalue weighted by molar-refractivity contribution is 6.04. The Balaban J connectivity index is 1.85. The minimum atomic E-state index is -0.767. The van der Waals surface area contributed by atoms with Crippen molar-refractivity contribution in [2.24, 2.45) is 0 Å². The normalized spacial score (nSPS) is 9.93. The Hall–Kier alpha value is -3.68. The van der Waals surface area contributed by atoms with Gasteiger partial charge >= 0.3 is 5.97 Å². The molecule has 0 aliphatic heterocycles. The van der Waals surface area contributed by atoms with Gasteiger partial charge in [-0.05, 0) is 37.3 Å². The second-order valence-electron chi connectivity index (χ2n) is 5.63. The molecule has 0 unspecified atom stereocenters. The van der Waals surface area contributed by atoms with E-state index < -0.39 is 25.1 Å². The van der Waals surface area contributed by atoms with Gasteiger partial charge in [0.05, 0.1) is 12.8 Å². The van der Waals surface area contributed by atoms with Crippen LogP contribution < -0.4 is 14.8 Å². The van der Waals surface area contributed by atoms with E-state index in [-0.39, 0.29) is 17.3 Å². The van der Waals surface area contributed by atoms with E-state index in [1.165, 1.54) is 32.2 Å². The molecule has 0 saturated heterocycles. The molecule has 2 rings (SSSR count). The summed E-state index contributed by atoms with van der Waals surface area (Å²) in [7, 11) is 1.40. The van der Waals surface area contributed by atoms with Crippen molar-refractivity contribution in [3.8, 4) is 11.5 Å². The lowest BCUT2D eigenvalue weighted by Gasteiger charge is -2.11. The predicted octanol–water partition coefficient (Wildman–Crippen LogP) is 2.27. The number of aldehydes is 1. The lowest BCUT2D eigenvalue weighted by atomic mass is 10.1. The number of para-hydroxylation sites is 1. The zero-order valence-electron chi connectivity index (χ0n) is 15.4. The zero-order valence-corrected chi connectivity index (χ0v) is 15.4. The molecule has 8 nitrogen and oxygen atoms in total. The molecule has 28 heavy (non-hydrogen) atoms. The van der Waals surface area contributed by atoms with Crippen molar-refractivity contribution in [3.63, 3.8) is 0 Å². The summed E-state index contributed by atoms with van der Waals surface area (Å²) in [6, 6.07) is 11.0. The Morgan fingerprint density at radius 3 is 2.46 bits per heavy atom. The van der Waals surface area contributed by atoms with Gasteiger partial charge in [-0.1, -0.05) is 12.1 Å². The summed E-state index contributed by atoms with van der Waals surface area (Å²) in [6.07, 6.45) is 0.656. The summed E-state index contributed by atoms with van der Waals surface area (Å²) < 4.78 is 15.2. The van der Waals surface area contributed by atoms with Crippen LogP contribution in [0.4, 0.5) is 5.69 Å². The van der Waals surface area contributed by atoms with Gasteiger partial charge in [0, 0.05) is 11.1 Å². The average Bonchev–Trinajstić information content (AvgIpc) is 2.70. The third-order valence-electron chi connectivity index (χ3n) is 3.61. The molecule has 0 bridgehead atoms.